The van der Waals surface area contributed by atoms with Crippen LogP contribution in [-0.2, 0) is 10.0 Å². The van der Waals surface area contributed by atoms with E-state index in [2.05, 4.69) is 10.0 Å². The molecule has 0 radical (unpaired) electrons. The number of anilines is 1. The van der Waals surface area contributed by atoms with Crippen molar-refractivity contribution in [3.8, 4) is 0 Å². The molecule has 0 saturated heterocycles. The maximum absolute atomic E-state index is 12.4. The van der Waals surface area contributed by atoms with Gasteiger partial charge >= 0.3 is 0 Å². The van der Waals surface area contributed by atoms with Crippen LogP contribution < -0.4 is 10.0 Å². The first-order chi connectivity index (χ1) is 9.89. The van der Waals surface area contributed by atoms with E-state index in [1.165, 1.54) is 18.2 Å². The van der Waals surface area contributed by atoms with Crippen molar-refractivity contribution in [2.45, 2.75) is 37.1 Å². The molecular weight excluding hydrogens is 294 g/mol. The molecule has 1 aliphatic carbocycles. The van der Waals surface area contributed by atoms with Crippen molar-refractivity contribution in [3.05, 3.63) is 28.3 Å². The molecule has 116 valence electrons. The number of hydrogen-bond donors (Lipinski definition) is 2. The Balaban J connectivity index is 2.28. The van der Waals surface area contributed by atoms with Crippen LogP contribution in [-0.4, -0.2) is 26.4 Å². The van der Waals surface area contributed by atoms with E-state index in [0.717, 1.165) is 19.3 Å². The van der Waals surface area contributed by atoms with Crippen molar-refractivity contribution in [1.82, 2.24) is 4.72 Å². The van der Waals surface area contributed by atoms with E-state index in [1.54, 1.807) is 7.05 Å². The van der Waals surface area contributed by atoms with Crippen molar-refractivity contribution < 1.29 is 13.3 Å². The third kappa shape index (κ3) is 3.51. The Morgan fingerprint density at radius 1 is 1.43 bits per heavy atom. The Labute approximate surface area is 123 Å². The summed E-state index contributed by atoms with van der Waals surface area (Å²) >= 11 is 0. The van der Waals surface area contributed by atoms with Gasteiger partial charge in [-0.05, 0) is 30.9 Å². The predicted octanol–water partition coefficient (Wildman–Crippen LogP) is 2.10. The van der Waals surface area contributed by atoms with E-state index in [1.807, 2.05) is 6.92 Å². The number of sulfonamides is 1. The molecule has 0 spiro atoms. The first kappa shape index (κ1) is 15.7. The molecule has 0 amide bonds. The second-order valence-corrected chi connectivity index (χ2v) is 6.88. The minimum atomic E-state index is -3.89. The van der Waals surface area contributed by atoms with Crippen molar-refractivity contribution in [2.24, 2.45) is 5.92 Å². The molecule has 0 aliphatic heterocycles. The highest BCUT2D eigenvalue weighted by Crippen LogP contribution is 2.36. The molecule has 0 aromatic heterocycles. The Bertz CT molecular complexity index is 645. The summed E-state index contributed by atoms with van der Waals surface area (Å²) in [6, 6.07) is 3.87. The number of rotatable bonds is 7. The van der Waals surface area contributed by atoms with Gasteiger partial charge < -0.3 is 5.32 Å². The van der Waals surface area contributed by atoms with Crippen LogP contribution in [0.1, 0.15) is 26.2 Å². The van der Waals surface area contributed by atoms with Crippen LogP contribution in [0.15, 0.2) is 23.1 Å². The fraction of sp³-hybridized carbons (Fsp3) is 0.538. The van der Waals surface area contributed by atoms with Crippen LogP contribution in [0.4, 0.5) is 11.4 Å². The Kier molecular flexibility index (Phi) is 4.48. The molecule has 1 fully saturated rings. The quantitative estimate of drug-likeness (QED) is 0.593. The zero-order chi connectivity index (χ0) is 15.6. The number of nitrogens with zero attached hydrogens (tertiary/aromatic N) is 1. The number of nitrogens with one attached hydrogen (secondary N) is 2. The minimum absolute atomic E-state index is 0.104. The number of benzene rings is 1. The smallest absolute Gasteiger partial charge is 0.289 e. The summed E-state index contributed by atoms with van der Waals surface area (Å²) in [7, 11) is -2.26. The summed E-state index contributed by atoms with van der Waals surface area (Å²) in [5.41, 5.74) is 0.107. The molecule has 2 unspecified atom stereocenters. The number of nitro benzene ring substituents is 1. The SMILES string of the molecule is CCCC1CC1NS(=O)(=O)c1cc(NC)ccc1[N+](=O)[O-]. The molecule has 1 aliphatic rings. The van der Waals surface area contributed by atoms with E-state index >= 15 is 0 Å². The molecule has 0 bridgehead atoms. The zero-order valence-corrected chi connectivity index (χ0v) is 12.8. The van der Waals surface area contributed by atoms with Gasteiger partial charge in [0.2, 0.25) is 10.0 Å². The Morgan fingerprint density at radius 2 is 2.14 bits per heavy atom. The average Bonchev–Trinajstić information content (AvgIpc) is 3.15. The Hall–Kier alpha value is -1.67. The summed E-state index contributed by atoms with van der Waals surface area (Å²) in [6.45, 7) is 2.05. The van der Waals surface area contributed by atoms with E-state index < -0.39 is 20.6 Å². The predicted molar refractivity (Wildman–Crippen MR) is 79.8 cm³/mol. The van der Waals surface area contributed by atoms with Gasteiger partial charge in [-0.2, -0.15) is 0 Å². The van der Waals surface area contributed by atoms with Crippen molar-refractivity contribution in [1.29, 1.82) is 0 Å². The summed E-state index contributed by atoms with van der Waals surface area (Å²) in [6.07, 6.45) is 2.76. The highest BCUT2D eigenvalue weighted by molar-refractivity contribution is 7.89. The largest absolute Gasteiger partial charge is 0.388 e. The van der Waals surface area contributed by atoms with Crippen molar-refractivity contribution in [3.63, 3.8) is 0 Å². The lowest BCUT2D eigenvalue weighted by molar-refractivity contribution is -0.387. The van der Waals surface area contributed by atoms with Gasteiger partial charge in [-0.1, -0.05) is 13.3 Å². The third-order valence-electron chi connectivity index (χ3n) is 3.62. The van der Waals surface area contributed by atoms with Crippen LogP contribution in [0, 0.1) is 16.0 Å². The van der Waals surface area contributed by atoms with Gasteiger partial charge in [0.15, 0.2) is 4.90 Å². The molecule has 8 heteroatoms. The standard InChI is InChI=1S/C13H19N3O4S/c1-3-4-9-7-11(9)15-21(19,20)13-8-10(14-2)5-6-12(13)16(17)18/h5-6,8-9,11,14-15H,3-4,7H2,1-2H3. The highest BCUT2D eigenvalue weighted by Gasteiger charge is 2.40. The lowest BCUT2D eigenvalue weighted by Crippen LogP contribution is -2.27. The van der Waals surface area contributed by atoms with E-state index in [-0.39, 0.29) is 10.9 Å². The minimum Gasteiger partial charge on any atom is -0.388 e. The van der Waals surface area contributed by atoms with Gasteiger partial charge in [0.1, 0.15) is 0 Å². The van der Waals surface area contributed by atoms with Gasteiger partial charge in [-0.15, -0.1) is 0 Å². The summed E-state index contributed by atoms with van der Waals surface area (Å²) in [4.78, 5) is 10.1. The van der Waals surface area contributed by atoms with Crippen LogP contribution >= 0.6 is 0 Å². The van der Waals surface area contributed by atoms with Crippen LogP contribution in [0.25, 0.3) is 0 Å². The molecule has 21 heavy (non-hydrogen) atoms. The van der Waals surface area contributed by atoms with Crippen LogP contribution in [0.3, 0.4) is 0 Å². The molecule has 2 rings (SSSR count). The first-order valence-electron chi connectivity index (χ1n) is 6.87. The molecule has 1 saturated carbocycles. The van der Waals surface area contributed by atoms with Gasteiger partial charge in [0, 0.05) is 24.8 Å². The third-order valence-corrected chi connectivity index (χ3v) is 5.14. The second kappa shape index (κ2) is 5.98. The maximum Gasteiger partial charge on any atom is 0.289 e. The molecule has 1 aromatic carbocycles. The highest BCUT2D eigenvalue weighted by atomic mass is 32.2. The molecule has 2 N–H and O–H groups in total. The average molecular weight is 313 g/mol. The molecule has 7 nitrogen and oxygen atoms in total. The maximum atomic E-state index is 12.4. The van der Waals surface area contributed by atoms with Gasteiger partial charge in [0.25, 0.3) is 5.69 Å². The number of hydrogen-bond acceptors (Lipinski definition) is 5. The fourth-order valence-corrected chi connectivity index (χ4v) is 3.89. The monoisotopic (exact) mass is 313 g/mol. The van der Waals surface area contributed by atoms with E-state index in [0.29, 0.717) is 11.6 Å². The van der Waals surface area contributed by atoms with Crippen LogP contribution in [0.2, 0.25) is 0 Å². The Morgan fingerprint density at radius 3 is 2.71 bits per heavy atom. The van der Waals surface area contributed by atoms with Gasteiger partial charge in [-0.3, -0.25) is 10.1 Å². The molecule has 2 atom stereocenters. The van der Waals surface area contributed by atoms with E-state index in [9.17, 15) is 18.5 Å². The summed E-state index contributed by atoms with van der Waals surface area (Å²) in [5.74, 6) is 0.344. The lowest BCUT2D eigenvalue weighted by atomic mass is 10.2. The molecular formula is C13H19N3O4S. The normalized spacial score (nSPS) is 21.0. The number of nitro groups is 1. The topological polar surface area (TPSA) is 101 Å². The van der Waals surface area contributed by atoms with Gasteiger partial charge in [0.05, 0.1) is 4.92 Å². The molecule has 1 aromatic rings. The van der Waals surface area contributed by atoms with Crippen LogP contribution in [0.5, 0.6) is 0 Å². The summed E-state index contributed by atoms with van der Waals surface area (Å²) < 4.78 is 27.3. The molecule has 0 heterocycles. The first-order valence-corrected chi connectivity index (χ1v) is 8.36. The van der Waals surface area contributed by atoms with E-state index in [4.69, 9.17) is 0 Å². The summed E-state index contributed by atoms with van der Waals surface area (Å²) in [5, 5.41) is 13.8. The van der Waals surface area contributed by atoms with Crippen molar-refractivity contribution in [2.75, 3.05) is 12.4 Å². The fourth-order valence-electron chi connectivity index (χ4n) is 2.38. The lowest BCUT2D eigenvalue weighted by Gasteiger charge is -2.09. The van der Waals surface area contributed by atoms with Crippen molar-refractivity contribution >= 4 is 21.4 Å². The zero-order valence-electron chi connectivity index (χ0n) is 12.0. The van der Waals surface area contributed by atoms with Gasteiger partial charge in [-0.25, -0.2) is 13.1 Å². The second-order valence-electron chi connectivity index (χ2n) is 5.20.